The number of rotatable bonds is 2. The summed E-state index contributed by atoms with van der Waals surface area (Å²) >= 11 is 12.3. The van der Waals surface area contributed by atoms with Gasteiger partial charge in [0, 0.05) is 23.0 Å². The number of halogens is 2. The van der Waals surface area contributed by atoms with E-state index >= 15 is 0 Å². The van der Waals surface area contributed by atoms with Crippen LogP contribution < -0.4 is 5.32 Å². The first-order chi connectivity index (χ1) is 11.0. The molecule has 1 N–H and O–H groups in total. The average molecular weight is 345 g/mol. The SMILES string of the molecule is CNC(=O)c1c(C)c(-c2ccc(Cl)cc2Cl)nc2ccccc12. The van der Waals surface area contributed by atoms with Gasteiger partial charge in [-0.05, 0) is 36.8 Å². The summed E-state index contributed by atoms with van der Waals surface area (Å²) in [6, 6.07) is 12.8. The summed E-state index contributed by atoms with van der Waals surface area (Å²) in [6.45, 7) is 1.88. The molecule has 2 aromatic carbocycles. The molecule has 0 aliphatic heterocycles. The van der Waals surface area contributed by atoms with Gasteiger partial charge >= 0.3 is 0 Å². The zero-order valence-electron chi connectivity index (χ0n) is 12.7. The van der Waals surface area contributed by atoms with Gasteiger partial charge in [0.1, 0.15) is 0 Å². The Morgan fingerprint density at radius 2 is 1.87 bits per heavy atom. The monoisotopic (exact) mass is 344 g/mol. The van der Waals surface area contributed by atoms with Gasteiger partial charge < -0.3 is 5.32 Å². The number of fused-ring (bicyclic) bond motifs is 1. The molecule has 0 saturated heterocycles. The van der Waals surface area contributed by atoms with Crippen molar-refractivity contribution in [3.8, 4) is 11.3 Å². The minimum absolute atomic E-state index is 0.146. The summed E-state index contributed by atoms with van der Waals surface area (Å²) in [5, 5.41) is 4.58. The third kappa shape index (κ3) is 2.78. The van der Waals surface area contributed by atoms with Crippen LogP contribution in [-0.4, -0.2) is 17.9 Å². The number of carbonyl (C=O) groups is 1. The molecule has 0 aliphatic carbocycles. The van der Waals surface area contributed by atoms with E-state index in [2.05, 4.69) is 5.32 Å². The van der Waals surface area contributed by atoms with E-state index in [-0.39, 0.29) is 5.91 Å². The molecular weight excluding hydrogens is 331 g/mol. The van der Waals surface area contributed by atoms with Crippen LogP contribution in [0.2, 0.25) is 10.0 Å². The fourth-order valence-electron chi connectivity index (χ4n) is 2.67. The molecule has 5 heteroatoms. The molecular formula is C18H14Cl2N2O. The maximum Gasteiger partial charge on any atom is 0.252 e. The topological polar surface area (TPSA) is 42.0 Å². The first-order valence-corrected chi connectivity index (χ1v) is 7.85. The number of carbonyl (C=O) groups excluding carboxylic acids is 1. The van der Waals surface area contributed by atoms with Crippen LogP contribution in [0.15, 0.2) is 42.5 Å². The van der Waals surface area contributed by atoms with Gasteiger partial charge in [0.05, 0.1) is 21.8 Å². The number of pyridine rings is 1. The minimum atomic E-state index is -0.146. The predicted octanol–water partition coefficient (Wildman–Crippen LogP) is 4.88. The van der Waals surface area contributed by atoms with E-state index in [1.54, 1.807) is 19.2 Å². The van der Waals surface area contributed by atoms with Crippen molar-refractivity contribution in [3.05, 3.63) is 63.6 Å². The Hall–Kier alpha value is -2.10. The maximum atomic E-state index is 12.4. The van der Waals surface area contributed by atoms with Crippen LogP contribution in [0.25, 0.3) is 22.2 Å². The van der Waals surface area contributed by atoms with Crippen LogP contribution in [0.4, 0.5) is 0 Å². The van der Waals surface area contributed by atoms with E-state index < -0.39 is 0 Å². The number of amides is 1. The minimum Gasteiger partial charge on any atom is -0.355 e. The van der Waals surface area contributed by atoms with Gasteiger partial charge in [-0.3, -0.25) is 4.79 Å². The number of nitrogens with one attached hydrogen (secondary N) is 1. The predicted molar refractivity (Wildman–Crippen MR) is 95.3 cm³/mol. The fraction of sp³-hybridized carbons (Fsp3) is 0.111. The number of nitrogens with zero attached hydrogens (tertiary/aromatic N) is 1. The number of hydrogen-bond donors (Lipinski definition) is 1. The maximum absolute atomic E-state index is 12.4. The van der Waals surface area contributed by atoms with Crippen LogP contribution in [0.1, 0.15) is 15.9 Å². The van der Waals surface area contributed by atoms with E-state index in [0.717, 1.165) is 22.0 Å². The molecule has 0 bridgehead atoms. The Balaban J connectivity index is 2.38. The first kappa shape index (κ1) is 15.8. The van der Waals surface area contributed by atoms with Gasteiger partial charge in [0.2, 0.25) is 0 Å². The van der Waals surface area contributed by atoms with Crippen molar-refractivity contribution in [1.29, 1.82) is 0 Å². The van der Waals surface area contributed by atoms with Gasteiger partial charge in [0.15, 0.2) is 0 Å². The molecule has 23 heavy (non-hydrogen) atoms. The standard InChI is InChI=1S/C18H14Cl2N2O/c1-10-16(18(23)21-2)13-5-3-4-6-15(13)22-17(10)12-8-7-11(19)9-14(12)20/h3-9H,1-2H3,(H,21,23). The second kappa shape index (κ2) is 6.19. The smallest absolute Gasteiger partial charge is 0.252 e. The van der Waals surface area contributed by atoms with Gasteiger partial charge in [-0.15, -0.1) is 0 Å². The zero-order chi connectivity index (χ0) is 16.6. The van der Waals surface area contributed by atoms with Crippen molar-refractivity contribution in [3.63, 3.8) is 0 Å². The lowest BCUT2D eigenvalue weighted by atomic mass is 9.97. The van der Waals surface area contributed by atoms with Gasteiger partial charge in [-0.25, -0.2) is 4.98 Å². The average Bonchev–Trinajstić information content (AvgIpc) is 2.54. The highest BCUT2D eigenvalue weighted by atomic mass is 35.5. The molecule has 1 amide bonds. The highest BCUT2D eigenvalue weighted by Crippen LogP contribution is 2.34. The van der Waals surface area contributed by atoms with E-state index in [1.807, 2.05) is 37.3 Å². The van der Waals surface area contributed by atoms with Crippen molar-refractivity contribution >= 4 is 40.0 Å². The van der Waals surface area contributed by atoms with Gasteiger partial charge in [-0.1, -0.05) is 41.4 Å². The Labute approximate surface area is 144 Å². The summed E-state index contributed by atoms with van der Waals surface area (Å²) in [5.41, 5.74) is 3.58. The number of benzene rings is 2. The molecule has 3 rings (SSSR count). The quantitative estimate of drug-likeness (QED) is 0.719. The number of aromatic nitrogens is 1. The normalized spacial score (nSPS) is 10.8. The lowest BCUT2D eigenvalue weighted by Gasteiger charge is -2.14. The molecule has 116 valence electrons. The van der Waals surface area contributed by atoms with Crippen molar-refractivity contribution < 1.29 is 4.79 Å². The number of para-hydroxylation sites is 1. The lowest BCUT2D eigenvalue weighted by molar-refractivity contribution is 0.0964. The second-order valence-electron chi connectivity index (χ2n) is 5.18. The zero-order valence-corrected chi connectivity index (χ0v) is 14.2. The van der Waals surface area contributed by atoms with Crippen LogP contribution in [0, 0.1) is 6.92 Å². The third-order valence-corrected chi connectivity index (χ3v) is 4.32. The summed E-state index contributed by atoms with van der Waals surface area (Å²) in [7, 11) is 1.62. The van der Waals surface area contributed by atoms with Crippen molar-refractivity contribution in [2.45, 2.75) is 6.92 Å². The molecule has 0 radical (unpaired) electrons. The molecule has 1 aromatic heterocycles. The summed E-state index contributed by atoms with van der Waals surface area (Å²) < 4.78 is 0. The van der Waals surface area contributed by atoms with Crippen molar-refractivity contribution in [1.82, 2.24) is 10.3 Å². The van der Waals surface area contributed by atoms with E-state index in [9.17, 15) is 4.79 Å². The Bertz CT molecular complexity index is 922. The van der Waals surface area contributed by atoms with E-state index in [4.69, 9.17) is 28.2 Å². The fourth-order valence-corrected chi connectivity index (χ4v) is 3.17. The van der Waals surface area contributed by atoms with Crippen molar-refractivity contribution in [2.75, 3.05) is 7.05 Å². The number of hydrogen-bond acceptors (Lipinski definition) is 2. The van der Waals surface area contributed by atoms with Gasteiger partial charge in [-0.2, -0.15) is 0 Å². The highest BCUT2D eigenvalue weighted by molar-refractivity contribution is 6.36. The molecule has 3 aromatic rings. The van der Waals surface area contributed by atoms with Crippen LogP contribution in [0.5, 0.6) is 0 Å². The third-order valence-electron chi connectivity index (χ3n) is 3.78. The van der Waals surface area contributed by atoms with E-state index in [0.29, 0.717) is 21.3 Å². The Morgan fingerprint density at radius 1 is 1.13 bits per heavy atom. The molecule has 0 spiro atoms. The summed E-state index contributed by atoms with van der Waals surface area (Å²) in [5.74, 6) is -0.146. The molecule has 3 nitrogen and oxygen atoms in total. The highest BCUT2D eigenvalue weighted by Gasteiger charge is 2.19. The van der Waals surface area contributed by atoms with E-state index in [1.165, 1.54) is 0 Å². The van der Waals surface area contributed by atoms with Crippen molar-refractivity contribution in [2.24, 2.45) is 0 Å². The molecule has 0 aliphatic rings. The Morgan fingerprint density at radius 3 is 2.57 bits per heavy atom. The molecule has 0 saturated carbocycles. The molecule has 0 unspecified atom stereocenters. The Kier molecular flexibility index (Phi) is 4.24. The lowest BCUT2D eigenvalue weighted by Crippen LogP contribution is -2.20. The van der Waals surface area contributed by atoms with Crippen LogP contribution >= 0.6 is 23.2 Å². The van der Waals surface area contributed by atoms with Crippen LogP contribution in [-0.2, 0) is 0 Å². The molecule has 1 heterocycles. The first-order valence-electron chi connectivity index (χ1n) is 7.09. The largest absolute Gasteiger partial charge is 0.355 e. The molecule has 0 fully saturated rings. The van der Waals surface area contributed by atoms with Gasteiger partial charge in [0.25, 0.3) is 5.91 Å². The summed E-state index contributed by atoms with van der Waals surface area (Å²) in [4.78, 5) is 17.1. The summed E-state index contributed by atoms with van der Waals surface area (Å²) in [6.07, 6.45) is 0. The molecule has 0 atom stereocenters. The second-order valence-corrected chi connectivity index (χ2v) is 6.02. The van der Waals surface area contributed by atoms with Crippen LogP contribution in [0.3, 0.4) is 0 Å².